The third-order valence-electron chi connectivity index (χ3n) is 2.07. The molecule has 1 aromatic rings. The number of ether oxygens (including phenoxy) is 1. The highest BCUT2D eigenvalue weighted by atomic mass is 16.5. The van der Waals surface area contributed by atoms with Gasteiger partial charge in [0.05, 0.1) is 0 Å². The van der Waals surface area contributed by atoms with Gasteiger partial charge in [-0.3, -0.25) is 0 Å². The fraction of sp³-hybridized carbons (Fsp3) is 0.385. The lowest BCUT2D eigenvalue weighted by Crippen LogP contribution is -1.95. The Labute approximate surface area is 91.2 Å². The van der Waals surface area contributed by atoms with Crippen molar-refractivity contribution in [2.45, 2.75) is 20.3 Å². The molecular weight excluding hydrogens is 188 g/mol. The van der Waals surface area contributed by atoms with Crippen molar-refractivity contribution in [3.63, 3.8) is 0 Å². The monoisotopic (exact) mass is 206 g/mol. The Morgan fingerprint density at radius 3 is 2.47 bits per heavy atom. The van der Waals surface area contributed by atoms with Crippen LogP contribution in [0, 0.1) is 0 Å². The molecule has 0 fully saturated rings. The third kappa shape index (κ3) is 4.66. The van der Waals surface area contributed by atoms with E-state index in [9.17, 15) is 0 Å². The van der Waals surface area contributed by atoms with E-state index in [0.717, 1.165) is 11.3 Å². The van der Waals surface area contributed by atoms with E-state index in [1.807, 2.05) is 44.2 Å². The van der Waals surface area contributed by atoms with Gasteiger partial charge in [0.25, 0.3) is 0 Å². The number of allylic oxidation sites excluding steroid dienone is 1. The maximum Gasteiger partial charge on any atom is 0.119 e. The predicted molar refractivity (Wildman–Crippen MR) is 62.2 cm³/mol. The van der Waals surface area contributed by atoms with Crippen LogP contribution in [-0.4, -0.2) is 18.3 Å². The summed E-state index contributed by atoms with van der Waals surface area (Å²) in [5.74, 6) is 0.870. The molecule has 0 heterocycles. The molecule has 0 radical (unpaired) electrons. The van der Waals surface area contributed by atoms with E-state index in [-0.39, 0.29) is 6.61 Å². The van der Waals surface area contributed by atoms with Crippen LogP contribution in [-0.2, 0) is 6.42 Å². The van der Waals surface area contributed by atoms with E-state index in [2.05, 4.69) is 0 Å². The Morgan fingerprint density at radius 1 is 1.27 bits per heavy atom. The Kier molecular flexibility index (Phi) is 4.91. The van der Waals surface area contributed by atoms with Crippen LogP contribution in [0.4, 0.5) is 0 Å². The Morgan fingerprint density at radius 2 is 1.93 bits per heavy atom. The van der Waals surface area contributed by atoms with E-state index >= 15 is 0 Å². The van der Waals surface area contributed by atoms with Crippen molar-refractivity contribution in [1.29, 1.82) is 0 Å². The lowest BCUT2D eigenvalue weighted by molar-refractivity contribution is 0.299. The molecule has 2 nitrogen and oxygen atoms in total. The van der Waals surface area contributed by atoms with Gasteiger partial charge in [0, 0.05) is 6.61 Å². The maximum atomic E-state index is 8.75. The molecule has 0 amide bonds. The quantitative estimate of drug-likeness (QED) is 0.750. The van der Waals surface area contributed by atoms with Gasteiger partial charge in [0.15, 0.2) is 0 Å². The van der Waals surface area contributed by atoms with Gasteiger partial charge in [-0.05, 0) is 44.0 Å². The van der Waals surface area contributed by atoms with Crippen molar-refractivity contribution < 1.29 is 9.84 Å². The molecule has 0 saturated carbocycles. The van der Waals surface area contributed by atoms with Crippen LogP contribution in [0.5, 0.6) is 5.75 Å². The van der Waals surface area contributed by atoms with Gasteiger partial charge in [-0.15, -0.1) is 0 Å². The molecule has 2 heteroatoms. The van der Waals surface area contributed by atoms with Gasteiger partial charge in [0.2, 0.25) is 0 Å². The first-order chi connectivity index (χ1) is 7.22. The number of aliphatic hydroxyl groups excluding tert-OH is 1. The van der Waals surface area contributed by atoms with Gasteiger partial charge in [-0.2, -0.15) is 0 Å². The van der Waals surface area contributed by atoms with Gasteiger partial charge in [-0.25, -0.2) is 0 Å². The molecule has 82 valence electrons. The Balaban J connectivity index is 2.46. The molecule has 0 aliphatic rings. The minimum atomic E-state index is 0.192. The Hall–Kier alpha value is -1.28. The Bertz CT molecular complexity index is 308. The molecule has 0 aliphatic heterocycles. The van der Waals surface area contributed by atoms with Gasteiger partial charge in [0.1, 0.15) is 12.4 Å². The SMILES string of the molecule is CC(C)=CCOc1ccc(CCO)cc1. The average molecular weight is 206 g/mol. The molecule has 1 N–H and O–H groups in total. The van der Waals surface area contributed by atoms with Crippen LogP contribution in [0.15, 0.2) is 35.9 Å². The second-order valence-electron chi connectivity index (χ2n) is 3.71. The zero-order chi connectivity index (χ0) is 11.1. The van der Waals surface area contributed by atoms with Crippen molar-refractivity contribution >= 4 is 0 Å². The highest BCUT2D eigenvalue weighted by Gasteiger charge is 1.94. The minimum absolute atomic E-state index is 0.192. The maximum absolute atomic E-state index is 8.75. The smallest absolute Gasteiger partial charge is 0.119 e. The largest absolute Gasteiger partial charge is 0.490 e. The first-order valence-electron chi connectivity index (χ1n) is 5.18. The summed E-state index contributed by atoms with van der Waals surface area (Å²) in [6.45, 7) is 4.90. The summed E-state index contributed by atoms with van der Waals surface area (Å²) >= 11 is 0. The highest BCUT2D eigenvalue weighted by Crippen LogP contribution is 2.12. The van der Waals surface area contributed by atoms with E-state index < -0.39 is 0 Å². The summed E-state index contributed by atoms with van der Waals surface area (Å²) in [4.78, 5) is 0. The molecule has 15 heavy (non-hydrogen) atoms. The van der Waals surface area contributed by atoms with Crippen LogP contribution < -0.4 is 4.74 Å². The molecule has 0 atom stereocenters. The zero-order valence-electron chi connectivity index (χ0n) is 9.36. The first-order valence-corrected chi connectivity index (χ1v) is 5.18. The first kappa shape index (κ1) is 11.8. The van der Waals surface area contributed by atoms with Crippen molar-refractivity contribution in [3.8, 4) is 5.75 Å². The summed E-state index contributed by atoms with van der Waals surface area (Å²) in [6.07, 6.45) is 2.75. The van der Waals surface area contributed by atoms with Crippen LogP contribution in [0.3, 0.4) is 0 Å². The fourth-order valence-electron chi connectivity index (χ4n) is 1.19. The summed E-state index contributed by atoms with van der Waals surface area (Å²) in [7, 11) is 0. The number of rotatable bonds is 5. The summed E-state index contributed by atoms with van der Waals surface area (Å²) < 4.78 is 5.51. The molecule has 0 unspecified atom stereocenters. The molecule has 1 aromatic carbocycles. The molecule has 0 saturated heterocycles. The third-order valence-corrected chi connectivity index (χ3v) is 2.07. The number of aliphatic hydroxyl groups is 1. The summed E-state index contributed by atoms with van der Waals surface area (Å²) in [5.41, 5.74) is 2.39. The number of benzene rings is 1. The lowest BCUT2D eigenvalue weighted by Gasteiger charge is -2.04. The molecule has 0 aromatic heterocycles. The van der Waals surface area contributed by atoms with Crippen molar-refractivity contribution in [3.05, 3.63) is 41.5 Å². The predicted octanol–water partition coefficient (Wildman–Crippen LogP) is 2.57. The molecule has 1 rings (SSSR count). The number of hydrogen-bond donors (Lipinski definition) is 1. The van der Waals surface area contributed by atoms with Crippen LogP contribution in [0.25, 0.3) is 0 Å². The summed E-state index contributed by atoms with van der Waals surface area (Å²) in [6, 6.07) is 7.83. The van der Waals surface area contributed by atoms with Crippen LogP contribution >= 0.6 is 0 Å². The van der Waals surface area contributed by atoms with Crippen LogP contribution in [0.1, 0.15) is 19.4 Å². The van der Waals surface area contributed by atoms with Crippen molar-refractivity contribution in [2.24, 2.45) is 0 Å². The summed E-state index contributed by atoms with van der Waals surface area (Å²) in [5, 5.41) is 8.75. The van der Waals surface area contributed by atoms with Gasteiger partial charge in [-0.1, -0.05) is 17.7 Å². The average Bonchev–Trinajstić information content (AvgIpc) is 2.20. The molecular formula is C13H18O2. The fourth-order valence-corrected chi connectivity index (χ4v) is 1.19. The molecule has 0 bridgehead atoms. The van der Waals surface area contributed by atoms with E-state index in [1.54, 1.807) is 0 Å². The van der Waals surface area contributed by atoms with E-state index in [0.29, 0.717) is 13.0 Å². The van der Waals surface area contributed by atoms with E-state index in [1.165, 1.54) is 5.57 Å². The molecule has 0 spiro atoms. The topological polar surface area (TPSA) is 29.5 Å². The van der Waals surface area contributed by atoms with Crippen molar-refractivity contribution in [1.82, 2.24) is 0 Å². The standard InChI is InChI=1S/C13H18O2/c1-11(2)8-10-15-13-5-3-12(4-6-13)7-9-14/h3-6,8,14H,7,9-10H2,1-2H3. The second-order valence-corrected chi connectivity index (χ2v) is 3.71. The normalized spacial score (nSPS) is 9.80. The molecule has 0 aliphatic carbocycles. The lowest BCUT2D eigenvalue weighted by atomic mass is 10.1. The van der Waals surface area contributed by atoms with E-state index in [4.69, 9.17) is 9.84 Å². The minimum Gasteiger partial charge on any atom is -0.490 e. The van der Waals surface area contributed by atoms with Crippen molar-refractivity contribution in [2.75, 3.05) is 13.2 Å². The van der Waals surface area contributed by atoms with Gasteiger partial charge < -0.3 is 9.84 Å². The second kappa shape index (κ2) is 6.25. The van der Waals surface area contributed by atoms with Crippen LogP contribution in [0.2, 0.25) is 0 Å². The number of hydrogen-bond acceptors (Lipinski definition) is 2. The van der Waals surface area contributed by atoms with Gasteiger partial charge >= 0.3 is 0 Å². The zero-order valence-corrected chi connectivity index (χ0v) is 9.36. The highest BCUT2D eigenvalue weighted by molar-refractivity contribution is 5.27.